The predicted molar refractivity (Wildman–Crippen MR) is 166 cm³/mol. The van der Waals surface area contributed by atoms with E-state index in [1.807, 2.05) is 31.2 Å². The Labute approximate surface area is 256 Å². The van der Waals surface area contributed by atoms with Crippen molar-refractivity contribution in [1.29, 1.82) is 0 Å². The van der Waals surface area contributed by atoms with Crippen molar-refractivity contribution in [3.8, 4) is 11.1 Å². The van der Waals surface area contributed by atoms with Gasteiger partial charge in [0.1, 0.15) is 0 Å². The first-order valence-electron chi connectivity index (χ1n) is 16.0. The number of unbranched alkanes of at least 4 members (excludes halogenated alkanes) is 2. The molecule has 0 spiro atoms. The van der Waals surface area contributed by atoms with Crippen LogP contribution in [0.1, 0.15) is 95.5 Å². The van der Waals surface area contributed by atoms with Crippen molar-refractivity contribution in [3.63, 3.8) is 0 Å². The first-order chi connectivity index (χ1) is 20.9. The Balaban J connectivity index is 1.25. The third kappa shape index (κ3) is 9.49. The van der Waals surface area contributed by atoms with Crippen LogP contribution in [0.3, 0.4) is 0 Å². The van der Waals surface area contributed by atoms with Crippen molar-refractivity contribution in [2.45, 2.75) is 96.6 Å². The van der Waals surface area contributed by atoms with Gasteiger partial charge in [-0.15, -0.1) is 0 Å². The standard InChI is InChI=1S/C36H48O7/c1-5-40-34(37)32-33(35(38)41-6-2)43-36(42-32)31-21-19-30(20-22-31)29-17-15-28(16-18-29)27-13-11-26(12-14-27)10-8-7-9-23-39-24-25(3)4/h15-22,26-27,32-33,36H,3,5-14,23-24H2,1-2,4H3/t26?,27?,32-,33-/m1/s1. The summed E-state index contributed by atoms with van der Waals surface area (Å²) in [7, 11) is 0. The van der Waals surface area contributed by atoms with E-state index in [-0.39, 0.29) is 13.2 Å². The molecule has 2 fully saturated rings. The van der Waals surface area contributed by atoms with E-state index in [1.54, 1.807) is 13.8 Å². The van der Waals surface area contributed by atoms with Crippen LogP contribution < -0.4 is 0 Å². The fraction of sp³-hybridized carbons (Fsp3) is 0.556. The first-order valence-corrected chi connectivity index (χ1v) is 16.0. The van der Waals surface area contributed by atoms with E-state index < -0.39 is 30.4 Å². The van der Waals surface area contributed by atoms with Gasteiger partial charge in [-0.3, -0.25) is 0 Å². The lowest BCUT2D eigenvalue weighted by molar-refractivity contribution is -0.163. The summed E-state index contributed by atoms with van der Waals surface area (Å²) in [4.78, 5) is 24.8. The average Bonchev–Trinajstić information content (AvgIpc) is 3.47. The largest absolute Gasteiger partial charge is 0.464 e. The van der Waals surface area contributed by atoms with Crippen molar-refractivity contribution in [2.24, 2.45) is 5.92 Å². The molecule has 1 saturated carbocycles. The van der Waals surface area contributed by atoms with Crippen LogP contribution in [0.2, 0.25) is 0 Å². The average molecular weight is 593 g/mol. The van der Waals surface area contributed by atoms with Crippen LogP contribution in [-0.4, -0.2) is 50.6 Å². The molecule has 2 aliphatic rings. The van der Waals surface area contributed by atoms with Gasteiger partial charge in [0, 0.05) is 12.2 Å². The zero-order valence-corrected chi connectivity index (χ0v) is 26.1. The van der Waals surface area contributed by atoms with Crippen molar-refractivity contribution < 1.29 is 33.3 Å². The molecule has 4 rings (SSSR count). The van der Waals surface area contributed by atoms with Gasteiger partial charge < -0.3 is 23.7 Å². The summed E-state index contributed by atoms with van der Waals surface area (Å²) in [6, 6.07) is 16.8. The molecule has 0 N–H and O–H groups in total. The Bertz CT molecular complexity index is 1140. The minimum atomic E-state index is -1.16. The van der Waals surface area contributed by atoms with Gasteiger partial charge in [0.05, 0.1) is 19.8 Å². The summed E-state index contributed by atoms with van der Waals surface area (Å²) in [6.45, 7) is 11.2. The smallest absolute Gasteiger partial charge is 0.338 e. The van der Waals surface area contributed by atoms with Crippen molar-refractivity contribution in [3.05, 3.63) is 71.8 Å². The molecule has 43 heavy (non-hydrogen) atoms. The first kappa shape index (κ1) is 32.9. The van der Waals surface area contributed by atoms with E-state index in [1.165, 1.54) is 50.5 Å². The summed E-state index contributed by atoms with van der Waals surface area (Å²) in [6.07, 6.45) is 7.01. The highest BCUT2D eigenvalue weighted by Gasteiger charge is 2.47. The molecular formula is C36H48O7. The lowest BCUT2D eigenvalue weighted by Gasteiger charge is -2.29. The Morgan fingerprint density at radius 1 is 0.767 bits per heavy atom. The van der Waals surface area contributed by atoms with Gasteiger partial charge in [-0.25, -0.2) is 9.59 Å². The van der Waals surface area contributed by atoms with Crippen molar-refractivity contribution in [2.75, 3.05) is 26.4 Å². The minimum Gasteiger partial charge on any atom is -0.464 e. The highest BCUT2D eigenvalue weighted by atomic mass is 16.8. The molecule has 0 amide bonds. The van der Waals surface area contributed by atoms with Crippen LogP contribution >= 0.6 is 0 Å². The Hall–Kier alpha value is -3.00. The molecular weight excluding hydrogens is 544 g/mol. The minimum absolute atomic E-state index is 0.182. The molecule has 234 valence electrons. The van der Waals surface area contributed by atoms with Gasteiger partial charge in [0.2, 0.25) is 0 Å². The van der Waals surface area contributed by atoms with Gasteiger partial charge in [0.15, 0.2) is 18.5 Å². The van der Waals surface area contributed by atoms with E-state index in [9.17, 15) is 9.59 Å². The molecule has 1 heterocycles. The number of carbonyl (C=O) groups is 2. The van der Waals surface area contributed by atoms with Gasteiger partial charge in [-0.1, -0.05) is 79.9 Å². The Morgan fingerprint density at radius 2 is 1.30 bits per heavy atom. The van der Waals surface area contributed by atoms with E-state index in [4.69, 9.17) is 23.7 Å². The van der Waals surface area contributed by atoms with Crippen LogP contribution in [0, 0.1) is 5.92 Å². The van der Waals surface area contributed by atoms with E-state index in [0.717, 1.165) is 35.6 Å². The van der Waals surface area contributed by atoms with Gasteiger partial charge in [-0.05, 0) is 81.4 Å². The summed E-state index contributed by atoms with van der Waals surface area (Å²) in [5.41, 5.74) is 5.45. The molecule has 2 aromatic rings. The van der Waals surface area contributed by atoms with Gasteiger partial charge in [0.25, 0.3) is 0 Å². The second-order valence-corrected chi connectivity index (χ2v) is 11.8. The zero-order valence-electron chi connectivity index (χ0n) is 26.1. The fourth-order valence-electron chi connectivity index (χ4n) is 6.03. The lowest BCUT2D eigenvalue weighted by Crippen LogP contribution is -2.39. The molecule has 2 aromatic carbocycles. The highest BCUT2D eigenvalue weighted by molar-refractivity contribution is 5.86. The number of hydrogen-bond acceptors (Lipinski definition) is 7. The second-order valence-electron chi connectivity index (χ2n) is 11.8. The maximum Gasteiger partial charge on any atom is 0.338 e. The molecule has 1 saturated heterocycles. The van der Waals surface area contributed by atoms with Crippen molar-refractivity contribution >= 4 is 11.9 Å². The zero-order chi connectivity index (χ0) is 30.6. The van der Waals surface area contributed by atoms with Gasteiger partial charge in [-0.2, -0.15) is 0 Å². The van der Waals surface area contributed by atoms with Crippen LogP contribution in [0.25, 0.3) is 11.1 Å². The monoisotopic (exact) mass is 592 g/mol. The number of hydrogen-bond donors (Lipinski definition) is 0. The van der Waals surface area contributed by atoms with E-state index >= 15 is 0 Å². The number of benzene rings is 2. The Kier molecular flexibility index (Phi) is 12.8. The molecule has 7 heteroatoms. The van der Waals surface area contributed by atoms with Crippen LogP contribution in [-0.2, 0) is 33.3 Å². The number of carbonyl (C=O) groups excluding carboxylic acids is 2. The summed E-state index contributed by atoms with van der Waals surface area (Å²) >= 11 is 0. The van der Waals surface area contributed by atoms with Crippen molar-refractivity contribution in [1.82, 2.24) is 0 Å². The van der Waals surface area contributed by atoms with Crippen LogP contribution in [0.5, 0.6) is 0 Å². The summed E-state index contributed by atoms with van der Waals surface area (Å²) < 4.78 is 27.4. The third-order valence-electron chi connectivity index (χ3n) is 8.35. The molecule has 0 bridgehead atoms. The summed E-state index contributed by atoms with van der Waals surface area (Å²) in [5.74, 6) is 0.228. The lowest BCUT2D eigenvalue weighted by atomic mass is 9.77. The Morgan fingerprint density at radius 3 is 1.81 bits per heavy atom. The molecule has 0 aromatic heterocycles. The van der Waals surface area contributed by atoms with Gasteiger partial charge >= 0.3 is 11.9 Å². The third-order valence-corrected chi connectivity index (χ3v) is 8.35. The molecule has 0 unspecified atom stereocenters. The fourth-order valence-corrected chi connectivity index (χ4v) is 6.03. The number of ether oxygens (including phenoxy) is 5. The number of esters is 2. The quantitative estimate of drug-likeness (QED) is 0.119. The summed E-state index contributed by atoms with van der Waals surface area (Å²) in [5, 5.41) is 0. The SMILES string of the molecule is C=C(C)COCCCCCC1CCC(c2ccc(-c3ccc(C4O[C@@H](C(=O)OCC)[C@H](C(=O)OCC)O4)cc3)cc2)CC1. The topological polar surface area (TPSA) is 80.3 Å². The molecule has 0 radical (unpaired) electrons. The van der Waals surface area contributed by atoms with E-state index in [2.05, 4.69) is 30.8 Å². The maximum absolute atomic E-state index is 12.4. The maximum atomic E-state index is 12.4. The predicted octanol–water partition coefficient (Wildman–Crippen LogP) is 7.69. The normalized spacial score (nSPS) is 22.3. The molecule has 7 nitrogen and oxygen atoms in total. The molecule has 1 aliphatic carbocycles. The second kappa shape index (κ2) is 16.7. The number of rotatable bonds is 15. The molecule has 2 atom stereocenters. The molecule has 1 aliphatic heterocycles. The van der Waals surface area contributed by atoms with Crippen LogP contribution in [0.4, 0.5) is 0 Å². The highest BCUT2D eigenvalue weighted by Crippen LogP contribution is 2.39. The van der Waals surface area contributed by atoms with Crippen LogP contribution in [0.15, 0.2) is 60.7 Å². The van der Waals surface area contributed by atoms with E-state index in [0.29, 0.717) is 18.1 Å².